The van der Waals surface area contributed by atoms with Crippen LogP contribution >= 0.6 is 22.6 Å². The van der Waals surface area contributed by atoms with Crippen LogP contribution in [-0.2, 0) is 0 Å². The van der Waals surface area contributed by atoms with Crippen molar-refractivity contribution in [2.24, 2.45) is 0 Å². The third kappa shape index (κ3) is 4.09. The van der Waals surface area contributed by atoms with Gasteiger partial charge in [-0.3, -0.25) is 0 Å². The predicted molar refractivity (Wildman–Crippen MR) is 71.9 cm³/mol. The Morgan fingerprint density at radius 1 is 1.33 bits per heavy atom. The summed E-state index contributed by atoms with van der Waals surface area (Å²) in [6, 6.07) is 8.95. The van der Waals surface area contributed by atoms with Crippen LogP contribution in [-0.4, -0.2) is 17.8 Å². The molecule has 0 fully saturated rings. The van der Waals surface area contributed by atoms with Gasteiger partial charge in [0.15, 0.2) is 0 Å². The number of nitrogens with one attached hydrogen (secondary N) is 1. The van der Waals surface area contributed by atoms with Crippen molar-refractivity contribution >= 4 is 22.6 Å². The van der Waals surface area contributed by atoms with Crippen molar-refractivity contribution in [3.8, 4) is 0 Å². The second kappa shape index (κ2) is 6.45. The normalized spacial score (nSPS) is 14.9. The minimum absolute atomic E-state index is 0.194. The van der Waals surface area contributed by atoms with E-state index in [9.17, 15) is 0 Å². The first kappa shape index (κ1) is 12.9. The summed E-state index contributed by atoms with van der Waals surface area (Å²) in [6.45, 7) is 4.40. The summed E-state index contributed by atoms with van der Waals surface area (Å²) in [7, 11) is 0. The fraction of sp³-hybridized carbons (Fsp3) is 0.500. The number of hydrogen-bond acceptors (Lipinski definition) is 2. The molecule has 0 aliphatic carbocycles. The number of aliphatic hydroxyl groups excluding tert-OH is 1. The zero-order chi connectivity index (χ0) is 11.3. The first-order chi connectivity index (χ1) is 7.17. The Labute approximate surface area is 105 Å². The maximum Gasteiger partial charge on any atom is 0.0584 e. The van der Waals surface area contributed by atoms with Crippen molar-refractivity contribution in [1.82, 2.24) is 5.32 Å². The summed E-state index contributed by atoms with van der Waals surface area (Å²) in [4.78, 5) is 0. The van der Waals surface area contributed by atoms with Gasteiger partial charge in [0, 0.05) is 15.7 Å². The lowest BCUT2D eigenvalue weighted by Crippen LogP contribution is -2.33. The average Bonchev–Trinajstić information content (AvgIpc) is 2.26. The van der Waals surface area contributed by atoms with Gasteiger partial charge in [0.05, 0.1) is 6.61 Å². The van der Waals surface area contributed by atoms with Gasteiger partial charge in [-0.1, -0.05) is 19.1 Å². The van der Waals surface area contributed by atoms with Crippen molar-refractivity contribution in [2.75, 3.05) is 6.61 Å². The van der Waals surface area contributed by atoms with Crippen LogP contribution in [0.4, 0.5) is 0 Å². The molecule has 0 unspecified atom stereocenters. The zero-order valence-electron chi connectivity index (χ0n) is 9.20. The van der Waals surface area contributed by atoms with E-state index in [1.807, 2.05) is 0 Å². The molecule has 0 aliphatic rings. The molecule has 15 heavy (non-hydrogen) atoms. The van der Waals surface area contributed by atoms with E-state index in [4.69, 9.17) is 5.11 Å². The third-order valence-electron chi connectivity index (χ3n) is 2.57. The van der Waals surface area contributed by atoms with E-state index in [-0.39, 0.29) is 12.6 Å². The van der Waals surface area contributed by atoms with Gasteiger partial charge in [-0.25, -0.2) is 0 Å². The van der Waals surface area contributed by atoms with Gasteiger partial charge < -0.3 is 10.4 Å². The Hall–Kier alpha value is -0.130. The molecule has 0 aliphatic heterocycles. The molecule has 0 saturated heterocycles. The highest BCUT2D eigenvalue weighted by Gasteiger charge is 2.10. The van der Waals surface area contributed by atoms with Crippen LogP contribution in [0, 0.1) is 3.57 Å². The van der Waals surface area contributed by atoms with Crippen molar-refractivity contribution in [1.29, 1.82) is 0 Å². The number of halogens is 1. The second-order valence-electron chi connectivity index (χ2n) is 3.73. The van der Waals surface area contributed by atoms with Crippen LogP contribution in [0.15, 0.2) is 24.3 Å². The molecular formula is C12H18INO. The smallest absolute Gasteiger partial charge is 0.0584 e. The average molecular weight is 319 g/mol. The number of rotatable bonds is 5. The van der Waals surface area contributed by atoms with Crippen LogP contribution in [0.1, 0.15) is 31.9 Å². The molecule has 0 saturated carbocycles. The van der Waals surface area contributed by atoms with Crippen LogP contribution in [0.2, 0.25) is 0 Å². The van der Waals surface area contributed by atoms with Crippen LogP contribution < -0.4 is 5.32 Å². The molecule has 0 radical (unpaired) electrons. The molecule has 2 atom stereocenters. The monoisotopic (exact) mass is 319 g/mol. The van der Waals surface area contributed by atoms with E-state index in [0.717, 1.165) is 6.42 Å². The highest BCUT2D eigenvalue weighted by molar-refractivity contribution is 14.1. The molecular weight excluding hydrogens is 301 g/mol. The Morgan fingerprint density at radius 3 is 2.40 bits per heavy atom. The molecule has 0 heterocycles. The molecule has 0 spiro atoms. The van der Waals surface area contributed by atoms with Gasteiger partial charge in [0.1, 0.15) is 0 Å². The van der Waals surface area contributed by atoms with Crippen LogP contribution in [0.5, 0.6) is 0 Å². The van der Waals surface area contributed by atoms with E-state index >= 15 is 0 Å². The van der Waals surface area contributed by atoms with Crippen molar-refractivity contribution in [2.45, 2.75) is 32.4 Å². The molecule has 84 valence electrons. The van der Waals surface area contributed by atoms with Crippen molar-refractivity contribution in [3.05, 3.63) is 33.4 Å². The summed E-state index contributed by atoms with van der Waals surface area (Å²) >= 11 is 2.30. The second-order valence-corrected chi connectivity index (χ2v) is 4.97. The lowest BCUT2D eigenvalue weighted by Gasteiger charge is -2.20. The summed E-state index contributed by atoms with van der Waals surface area (Å²) in [5.41, 5.74) is 1.27. The van der Waals surface area contributed by atoms with Crippen molar-refractivity contribution < 1.29 is 5.11 Å². The van der Waals surface area contributed by atoms with Gasteiger partial charge in [-0.15, -0.1) is 0 Å². The van der Waals surface area contributed by atoms with Crippen molar-refractivity contribution in [3.63, 3.8) is 0 Å². The number of aliphatic hydroxyl groups is 1. The largest absolute Gasteiger partial charge is 0.395 e. The molecule has 2 nitrogen and oxygen atoms in total. The summed E-state index contributed by atoms with van der Waals surface area (Å²) in [5.74, 6) is 0. The van der Waals surface area contributed by atoms with E-state index in [1.165, 1.54) is 9.13 Å². The topological polar surface area (TPSA) is 32.3 Å². The van der Waals surface area contributed by atoms with Gasteiger partial charge in [0.2, 0.25) is 0 Å². The van der Waals surface area contributed by atoms with E-state index < -0.39 is 0 Å². The van der Waals surface area contributed by atoms with Crippen LogP contribution in [0.25, 0.3) is 0 Å². The van der Waals surface area contributed by atoms with Gasteiger partial charge in [-0.2, -0.15) is 0 Å². The predicted octanol–water partition coefficient (Wildman–Crippen LogP) is 2.71. The molecule has 1 aromatic rings. The zero-order valence-corrected chi connectivity index (χ0v) is 11.4. The van der Waals surface area contributed by atoms with Gasteiger partial charge in [0.25, 0.3) is 0 Å². The molecule has 0 aromatic heterocycles. The van der Waals surface area contributed by atoms with Gasteiger partial charge >= 0.3 is 0 Å². The summed E-state index contributed by atoms with van der Waals surface area (Å²) < 4.78 is 1.25. The minimum atomic E-state index is 0.194. The Morgan fingerprint density at radius 2 is 1.93 bits per heavy atom. The van der Waals surface area contributed by atoms with Crippen LogP contribution in [0.3, 0.4) is 0 Å². The molecule has 2 N–H and O–H groups in total. The van der Waals surface area contributed by atoms with Gasteiger partial charge in [-0.05, 0) is 53.6 Å². The lowest BCUT2D eigenvalue weighted by molar-refractivity contribution is 0.230. The first-order valence-corrected chi connectivity index (χ1v) is 6.37. The fourth-order valence-electron chi connectivity index (χ4n) is 1.50. The maximum absolute atomic E-state index is 9.10. The Bertz CT molecular complexity index is 282. The molecule has 1 rings (SSSR count). The summed E-state index contributed by atoms with van der Waals surface area (Å²) in [5, 5.41) is 12.5. The number of hydrogen-bond donors (Lipinski definition) is 2. The first-order valence-electron chi connectivity index (χ1n) is 5.29. The lowest BCUT2D eigenvalue weighted by atomic mass is 10.1. The molecule has 0 bridgehead atoms. The van der Waals surface area contributed by atoms with E-state index in [1.54, 1.807) is 0 Å². The quantitative estimate of drug-likeness (QED) is 0.818. The Balaban J connectivity index is 2.60. The molecule has 3 heteroatoms. The number of benzene rings is 1. The minimum Gasteiger partial charge on any atom is -0.395 e. The third-order valence-corrected chi connectivity index (χ3v) is 3.29. The Kier molecular flexibility index (Phi) is 5.56. The standard InChI is InChI=1S/C12H18INO/c1-3-12(8-15)14-9(2)10-4-6-11(13)7-5-10/h4-7,9,12,14-15H,3,8H2,1-2H3/t9-,12-/m0/s1. The highest BCUT2D eigenvalue weighted by atomic mass is 127. The van der Waals surface area contributed by atoms with E-state index in [2.05, 4.69) is 66.0 Å². The maximum atomic E-state index is 9.10. The van der Waals surface area contributed by atoms with E-state index in [0.29, 0.717) is 6.04 Å². The fourth-order valence-corrected chi connectivity index (χ4v) is 1.86. The SMILES string of the molecule is CC[C@@H](CO)N[C@@H](C)c1ccc(I)cc1. The molecule has 1 aromatic carbocycles. The highest BCUT2D eigenvalue weighted by Crippen LogP contribution is 2.15. The summed E-state index contributed by atoms with van der Waals surface area (Å²) in [6.07, 6.45) is 0.950. The molecule has 0 amide bonds.